The van der Waals surface area contributed by atoms with Crippen molar-refractivity contribution in [3.8, 4) is 0 Å². The van der Waals surface area contributed by atoms with E-state index in [0.717, 1.165) is 12.5 Å². The predicted octanol–water partition coefficient (Wildman–Crippen LogP) is 4.30. The average molecular weight is 295 g/mol. The lowest BCUT2D eigenvalue weighted by Gasteiger charge is -2.43. The third-order valence-electron chi connectivity index (χ3n) is 6.51. The fourth-order valence-corrected chi connectivity index (χ4v) is 4.98. The minimum absolute atomic E-state index is 0.547. The van der Waals surface area contributed by atoms with Crippen LogP contribution in [-0.2, 0) is 0 Å². The highest BCUT2D eigenvalue weighted by Crippen LogP contribution is 2.43. The van der Waals surface area contributed by atoms with E-state index in [-0.39, 0.29) is 0 Å². The monoisotopic (exact) mass is 294 g/mol. The van der Waals surface area contributed by atoms with Crippen LogP contribution in [0.15, 0.2) is 0 Å². The summed E-state index contributed by atoms with van der Waals surface area (Å²) in [5, 5.41) is 3.68. The summed E-state index contributed by atoms with van der Waals surface area (Å²) in [5.74, 6) is 0.919. The fraction of sp³-hybridized carbons (Fsp3) is 1.00. The van der Waals surface area contributed by atoms with E-state index in [4.69, 9.17) is 0 Å². The van der Waals surface area contributed by atoms with Gasteiger partial charge in [-0.3, -0.25) is 0 Å². The van der Waals surface area contributed by atoms with Crippen LogP contribution in [0.1, 0.15) is 72.6 Å². The minimum atomic E-state index is 0.547. The Kier molecular flexibility index (Phi) is 6.14. The van der Waals surface area contributed by atoms with Gasteiger partial charge >= 0.3 is 0 Å². The van der Waals surface area contributed by atoms with E-state index in [9.17, 15) is 0 Å². The van der Waals surface area contributed by atoms with Gasteiger partial charge in [0.25, 0.3) is 0 Å². The third kappa shape index (κ3) is 4.22. The van der Waals surface area contributed by atoms with Gasteiger partial charge in [0.05, 0.1) is 0 Å². The van der Waals surface area contributed by atoms with E-state index >= 15 is 0 Å². The van der Waals surface area contributed by atoms with Crippen molar-refractivity contribution in [1.82, 2.24) is 10.2 Å². The Morgan fingerprint density at radius 2 is 1.86 bits per heavy atom. The molecule has 2 unspecified atom stereocenters. The molecule has 0 spiro atoms. The molecule has 1 heterocycles. The molecule has 21 heavy (non-hydrogen) atoms. The van der Waals surface area contributed by atoms with Gasteiger partial charge in [-0.05, 0) is 61.9 Å². The first-order valence-corrected chi connectivity index (χ1v) is 9.50. The summed E-state index contributed by atoms with van der Waals surface area (Å²) in [5.41, 5.74) is 1.17. The van der Waals surface area contributed by atoms with Crippen LogP contribution in [-0.4, -0.2) is 37.6 Å². The molecular formula is C19H38N2. The molecule has 2 heteroatoms. The smallest absolute Gasteiger partial charge is 0.00505 e. The summed E-state index contributed by atoms with van der Waals surface area (Å²) < 4.78 is 0. The second-order valence-corrected chi connectivity index (χ2v) is 8.15. The van der Waals surface area contributed by atoms with Gasteiger partial charge in [-0.2, -0.15) is 0 Å². The number of nitrogens with one attached hydrogen (secondary N) is 1. The standard InChI is InChI=1S/C19H38N2/c1-5-18(6-2)11-12-21(15-18)16-19(14-20-7-3)10-8-9-17(4)13-19/h17,20H,5-16H2,1-4H3. The Hall–Kier alpha value is -0.0800. The molecule has 0 aromatic rings. The molecule has 1 saturated heterocycles. The Morgan fingerprint density at radius 3 is 2.43 bits per heavy atom. The zero-order chi connectivity index (χ0) is 15.3. The van der Waals surface area contributed by atoms with Crippen LogP contribution in [0.3, 0.4) is 0 Å². The van der Waals surface area contributed by atoms with E-state index in [0.29, 0.717) is 10.8 Å². The van der Waals surface area contributed by atoms with Crippen LogP contribution < -0.4 is 5.32 Å². The molecule has 1 aliphatic carbocycles. The molecule has 1 N–H and O–H groups in total. The summed E-state index contributed by atoms with van der Waals surface area (Å²) in [6.07, 6.45) is 9.89. The van der Waals surface area contributed by atoms with E-state index in [1.165, 1.54) is 71.1 Å². The maximum absolute atomic E-state index is 3.68. The van der Waals surface area contributed by atoms with Gasteiger partial charge in [-0.15, -0.1) is 0 Å². The second-order valence-electron chi connectivity index (χ2n) is 8.15. The largest absolute Gasteiger partial charge is 0.316 e. The summed E-state index contributed by atoms with van der Waals surface area (Å²) in [6, 6.07) is 0. The molecule has 2 aliphatic rings. The van der Waals surface area contributed by atoms with Gasteiger partial charge in [-0.1, -0.05) is 40.5 Å². The Balaban J connectivity index is 1.99. The summed E-state index contributed by atoms with van der Waals surface area (Å²) in [4.78, 5) is 2.81. The maximum atomic E-state index is 3.68. The zero-order valence-electron chi connectivity index (χ0n) is 15.0. The summed E-state index contributed by atoms with van der Waals surface area (Å²) in [6.45, 7) is 15.9. The van der Waals surface area contributed by atoms with Crippen molar-refractivity contribution in [3.05, 3.63) is 0 Å². The Morgan fingerprint density at radius 1 is 1.10 bits per heavy atom. The third-order valence-corrected chi connectivity index (χ3v) is 6.51. The van der Waals surface area contributed by atoms with Crippen molar-refractivity contribution >= 4 is 0 Å². The number of rotatable bonds is 7. The van der Waals surface area contributed by atoms with E-state index in [2.05, 4.69) is 37.9 Å². The van der Waals surface area contributed by atoms with Crippen LogP contribution in [0.4, 0.5) is 0 Å². The molecule has 0 bridgehead atoms. The Bertz CT molecular complexity index is 311. The molecule has 2 fully saturated rings. The van der Waals surface area contributed by atoms with Crippen LogP contribution in [0.5, 0.6) is 0 Å². The van der Waals surface area contributed by atoms with Crippen LogP contribution in [0, 0.1) is 16.7 Å². The zero-order valence-corrected chi connectivity index (χ0v) is 15.0. The van der Waals surface area contributed by atoms with Crippen molar-refractivity contribution < 1.29 is 0 Å². The number of likely N-dealkylation sites (tertiary alicyclic amines) is 1. The predicted molar refractivity (Wildman–Crippen MR) is 92.7 cm³/mol. The highest BCUT2D eigenvalue weighted by molar-refractivity contribution is 4.94. The van der Waals surface area contributed by atoms with Crippen molar-refractivity contribution in [2.24, 2.45) is 16.7 Å². The molecule has 2 rings (SSSR count). The molecule has 0 radical (unpaired) electrons. The molecule has 1 aliphatic heterocycles. The SMILES string of the molecule is CCNCC1(CN2CCC(CC)(CC)C2)CCCC(C)C1. The van der Waals surface area contributed by atoms with Gasteiger partial charge in [0.15, 0.2) is 0 Å². The van der Waals surface area contributed by atoms with Crippen LogP contribution in [0.25, 0.3) is 0 Å². The van der Waals surface area contributed by atoms with Gasteiger partial charge < -0.3 is 10.2 Å². The molecule has 2 nitrogen and oxygen atoms in total. The van der Waals surface area contributed by atoms with Crippen molar-refractivity contribution in [3.63, 3.8) is 0 Å². The van der Waals surface area contributed by atoms with Crippen molar-refractivity contribution in [2.45, 2.75) is 72.6 Å². The lowest BCUT2D eigenvalue weighted by molar-refractivity contribution is 0.0845. The summed E-state index contributed by atoms with van der Waals surface area (Å²) >= 11 is 0. The van der Waals surface area contributed by atoms with E-state index in [1.807, 2.05) is 0 Å². The minimum Gasteiger partial charge on any atom is -0.316 e. The molecule has 0 aromatic carbocycles. The quantitative estimate of drug-likeness (QED) is 0.753. The van der Waals surface area contributed by atoms with Crippen LogP contribution >= 0.6 is 0 Å². The first kappa shape index (κ1) is 17.3. The number of hydrogen-bond donors (Lipinski definition) is 1. The molecule has 1 saturated carbocycles. The van der Waals surface area contributed by atoms with E-state index in [1.54, 1.807) is 0 Å². The molecule has 0 aromatic heterocycles. The van der Waals surface area contributed by atoms with Gasteiger partial charge in [0.1, 0.15) is 0 Å². The van der Waals surface area contributed by atoms with E-state index < -0.39 is 0 Å². The highest BCUT2D eigenvalue weighted by Gasteiger charge is 2.41. The van der Waals surface area contributed by atoms with Crippen LogP contribution in [0.2, 0.25) is 0 Å². The van der Waals surface area contributed by atoms with Crippen molar-refractivity contribution in [1.29, 1.82) is 0 Å². The number of nitrogens with zero attached hydrogens (tertiary/aromatic N) is 1. The fourth-order valence-electron chi connectivity index (χ4n) is 4.98. The normalized spacial score (nSPS) is 33.4. The summed E-state index contributed by atoms with van der Waals surface area (Å²) in [7, 11) is 0. The maximum Gasteiger partial charge on any atom is 0.00505 e. The molecule has 124 valence electrons. The molecule has 0 amide bonds. The number of hydrogen-bond acceptors (Lipinski definition) is 2. The molecular weight excluding hydrogens is 256 g/mol. The van der Waals surface area contributed by atoms with Gasteiger partial charge in [0.2, 0.25) is 0 Å². The topological polar surface area (TPSA) is 15.3 Å². The van der Waals surface area contributed by atoms with Gasteiger partial charge in [-0.25, -0.2) is 0 Å². The first-order chi connectivity index (χ1) is 10.1. The average Bonchev–Trinajstić information content (AvgIpc) is 2.89. The van der Waals surface area contributed by atoms with Crippen molar-refractivity contribution in [2.75, 3.05) is 32.7 Å². The Labute approximate surface area is 133 Å². The second kappa shape index (κ2) is 7.46. The lowest BCUT2D eigenvalue weighted by Crippen LogP contribution is -2.46. The van der Waals surface area contributed by atoms with Gasteiger partial charge in [0, 0.05) is 19.6 Å². The highest BCUT2D eigenvalue weighted by atomic mass is 15.2. The first-order valence-electron chi connectivity index (χ1n) is 9.50. The molecule has 2 atom stereocenters. The lowest BCUT2D eigenvalue weighted by atomic mass is 9.69.